The Kier molecular flexibility index (Phi) is 7.81. The van der Waals surface area contributed by atoms with Crippen LogP contribution in [0.4, 0.5) is 4.79 Å². The Morgan fingerprint density at radius 2 is 1.89 bits per heavy atom. The summed E-state index contributed by atoms with van der Waals surface area (Å²) in [5, 5.41) is 12.0. The third kappa shape index (κ3) is 5.71. The van der Waals surface area contributed by atoms with Crippen molar-refractivity contribution in [3.05, 3.63) is 0 Å². The lowest BCUT2D eigenvalue weighted by Gasteiger charge is -2.23. The summed E-state index contributed by atoms with van der Waals surface area (Å²) in [5.74, 6) is 0.413. The molecule has 1 aliphatic heterocycles. The minimum atomic E-state index is 0.0796. The number of nitrogens with one attached hydrogen (secondary N) is 1. The molecule has 1 heterocycles. The third-order valence-electron chi connectivity index (χ3n) is 3.67. The van der Waals surface area contributed by atoms with Crippen LogP contribution in [-0.2, 0) is 0 Å². The molecule has 4 nitrogen and oxygen atoms in total. The summed E-state index contributed by atoms with van der Waals surface area (Å²) in [6.45, 7) is 4.84. The molecule has 2 amide bonds. The van der Waals surface area contributed by atoms with E-state index >= 15 is 0 Å². The number of urea groups is 1. The molecule has 4 heteroatoms. The van der Waals surface area contributed by atoms with Crippen molar-refractivity contribution >= 4 is 6.03 Å². The molecule has 0 aliphatic carbocycles. The van der Waals surface area contributed by atoms with E-state index < -0.39 is 0 Å². The lowest BCUT2D eigenvalue weighted by Crippen LogP contribution is -2.42. The fraction of sp³-hybridized carbons (Fsp3) is 0.929. The van der Waals surface area contributed by atoms with Gasteiger partial charge in [0.25, 0.3) is 0 Å². The molecule has 0 spiro atoms. The molecule has 1 aliphatic rings. The average molecular weight is 256 g/mol. The molecule has 1 atom stereocenters. The van der Waals surface area contributed by atoms with Gasteiger partial charge in [-0.3, -0.25) is 0 Å². The van der Waals surface area contributed by atoms with E-state index in [0.29, 0.717) is 12.5 Å². The lowest BCUT2D eigenvalue weighted by molar-refractivity contribution is 0.194. The molecule has 0 aromatic rings. The van der Waals surface area contributed by atoms with Crippen LogP contribution < -0.4 is 5.32 Å². The number of aliphatic hydroxyl groups is 1. The topological polar surface area (TPSA) is 52.6 Å². The number of hydrogen-bond acceptors (Lipinski definition) is 2. The number of likely N-dealkylation sites (tertiary alicyclic amines) is 1. The minimum absolute atomic E-state index is 0.0796. The number of carbonyl (C=O) groups excluding carboxylic acids is 1. The van der Waals surface area contributed by atoms with Crippen molar-refractivity contribution in [3.8, 4) is 0 Å². The van der Waals surface area contributed by atoms with Gasteiger partial charge in [-0.2, -0.15) is 0 Å². The first-order valence-electron chi connectivity index (χ1n) is 7.41. The van der Waals surface area contributed by atoms with E-state index in [2.05, 4.69) is 12.2 Å². The van der Waals surface area contributed by atoms with Crippen LogP contribution in [0.5, 0.6) is 0 Å². The Bertz CT molecular complexity index is 220. The van der Waals surface area contributed by atoms with Gasteiger partial charge in [0.15, 0.2) is 0 Å². The van der Waals surface area contributed by atoms with Crippen molar-refractivity contribution in [2.75, 3.05) is 26.2 Å². The van der Waals surface area contributed by atoms with Gasteiger partial charge in [-0.25, -0.2) is 4.79 Å². The first kappa shape index (κ1) is 15.3. The van der Waals surface area contributed by atoms with Crippen molar-refractivity contribution in [1.29, 1.82) is 0 Å². The number of nitrogens with zero attached hydrogens (tertiary/aromatic N) is 1. The third-order valence-corrected chi connectivity index (χ3v) is 3.67. The number of rotatable bonds is 6. The van der Waals surface area contributed by atoms with Gasteiger partial charge in [0.2, 0.25) is 0 Å². The first-order chi connectivity index (χ1) is 8.77. The predicted molar refractivity (Wildman–Crippen MR) is 73.5 cm³/mol. The summed E-state index contributed by atoms with van der Waals surface area (Å²) >= 11 is 0. The van der Waals surface area contributed by atoms with E-state index in [9.17, 15) is 4.79 Å². The molecular formula is C14H28N2O2. The fourth-order valence-corrected chi connectivity index (χ4v) is 2.56. The second kappa shape index (κ2) is 9.20. The Labute approximate surface area is 111 Å². The van der Waals surface area contributed by atoms with E-state index in [1.807, 2.05) is 4.90 Å². The van der Waals surface area contributed by atoms with Gasteiger partial charge in [0.05, 0.1) is 0 Å². The Morgan fingerprint density at radius 3 is 2.44 bits per heavy atom. The van der Waals surface area contributed by atoms with Gasteiger partial charge >= 0.3 is 6.03 Å². The zero-order valence-electron chi connectivity index (χ0n) is 11.7. The summed E-state index contributed by atoms with van der Waals surface area (Å²) in [7, 11) is 0. The molecule has 0 radical (unpaired) electrons. The summed E-state index contributed by atoms with van der Waals surface area (Å²) in [6, 6.07) is 0.0796. The molecule has 18 heavy (non-hydrogen) atoms. The van der Waals surface area contributed by atoms with Crippen LogP contribution in [0.25, 0.3) is 0 Å². The molecular weight excluding hydrogens is 228 g/mol. The van der Waals surface area contributed by atoms with E-state index in [-0.39, 0.29) is 12.6 Å². The first-order valence-corrected chi connectivity index (χ1v) is 7.41. The second-order valence-electron chi connectivity index (χ2n) is 5.25. The van der Waals surface area contributed by atoms with Crippen molar-refractivity contribution in [1.82, 2.24) is 10.2 Å². The normalized spacial score (nSPS) is 18.2. The summed E-state index contributed by atoms with van der Waals surface area (Å²) < 4.78 is 0. The molecule has 1 saturated heterocycles. The SMILES string of the molecule is CCCC(CCO)CNC(=O)N1CCCCCC1. The zero-order chi connectivity index (χ0) is 13.2. The van der Waals surface area contributed by atoms with E-state index in [1.54, 1.807) is 0 Å². The average Bonchev–Trinajstić information content (AvgIpc) is 2.65. The highest BCUT2D eigenvalue weighted by atomic mass is 16.3. The quantitative estimate of drug-likeness (QED) is 0.766. The maximum atomic E-state index is 12.0. The lowest BCUT2D eigenvalue weighted by atomic mass is 10.0. The maximum Gasteiger partial charge on any atom is 0.317 e. The van der Waals surface area contributed by atoms with Crippen molar-refractivity contribution < 1.29 is 9.90 Å². The molecule has 0 aromatic carbocycles. The number of carbonyl (C=O) groups is 1. The van der Waals surface area contributed by atoms with E-state index in [0.717, 1.165) is 45.2 Å². The van der Waals surface area contributed by atoms with Crippen LogP contribution in [0.2, 0.25) is 0 Å². The fourth-order valence-electron chi connectivity index (χ4n) is 2.56. The second-order valence-corrected chi connectivity index (χ2v) is 5.25. The maximum absolute atomic E-state index is 12.0. The standard InChI is InChI=1S/C14H28N2O2/c1-2-7-13(8-11-17)12-15-14(18)16-9-5-3-4-6-10-16/h13,17H,2-12H2,1H3,(H,15,18). The van der Waals surface area contributed by atoms with Crippen LogP contribution in [0.1, 0.15) is 51.9 Å². The van der Waals surface area contributed by atoms with Crippen LogP contribution >= 0.6 is 0 Å². The summed E-state index contributed by atoms with van der Waals surface area (Å²) in [5.41, 5.74) is 0. The highest BCUT2D eigenvalue weighted by Gasteiger charge is 2.16. The molecule has 0 aromatic heterocycles. The van der Waals surface area contributed by atoms with Gasteiger partial charge in [0, 0.05) is 26.2 Å². The molecule has 2 N–H and O–H groups in total. The number of hydrogen-bond donors (Lipinski definition) is 2. The highest BCUT2D eigenvalue weighted by molar-refractivity contribution is 5.74. The number of amides is 2. The molecule has 0 saturated carbocycles. The predicted octanol–water partition coefficient (Wildman–Crippen LogP) is 2.37. The number of aliphatic hydroxyl groups excluding tert-OH is 1. The smallest absolute Gasteiger partial charge is 0.317 e. The van der Waals surface area contributed by atoms with Gasteiger partial charge in [-0.15, -0.1) is 0 Å². The highest BCUT2D eigenvalue weighted by Crippen LogP contribution is 2.11. The minimum Gasteiger partial charge on any atom is -0.396 e. The van der Waals surface area contributed by atoms with Crippen molar-refractivity contribution in [2.24, 2.45) is 5.92 Å². The monoisotopic (exact) mass is 256 g/mol. The summed E-state index contributed by atoms with van der Waals surface area (Å²) in [4.78, 5) is 14.0. The Morgan fingerprint density at radius 1 is 1.22 bits per heavy atom. The van der Waals surface area contributed by atoms with E-state index in [1.165, 1.54) is 12.8 Å². The molecule has 1 fully saturated rings. The van der Waals surface area contributed by atoms with Gasteiger partial charge in [-0.1, -0.05) is 26.2 Å². The largest absolute Gasteiger partial charge is 0.396 e. The van der Waals surface area contributed by atoms with Crippen molar-refractivity contribution in [2.45, 2.75) is 51.9 Å². The van der Waals surface area contributed by atoms with Gasteiger partial charge in [-0.05, 0) is 31.6 Å². The van der Waals surface area contributed by atoms with Crippen LogP contribution in [0.3, 0.4) is 0 Å². The van der Waals surface area contributed by atoms with Gasteiger partial charge in [0.1, 0.15) is 0 Å². The van der Waals surface area contributed by atoms with E-state index in [4.69, 9.17) is 5.11 Å². The Hall–Kier alpha value is -0.770. The molecule has 0 bridgehead atoms. The van der Waals surface area contributed by atoms with Crippen molar-refractivity contribution in [3.63, 3.8) is 0 Å². The molecule has 1 rings (SSSR count). The summed E-state index contributed by atoms with van der Waals surface area (Å²) in [6.07, 6.45) is 7.70. The Balaban J connectivity index is 2.28. The van der Waals surface area contributed by atoms with Crippen LogP contribution in [0.15, 0.2) is 0 Å². The molecule has 106 valence electrons. The van der Waals surface area contributed by atoms with Gasteiger partial charge < -0.3 is 15.3 Å². The molecule has 1 unspecified atom stereocenters. The van der Waals surface area contributed by atoms with Crippen LogP contribution in [0, 0.1) is 5.92 Å². The zero-order valence-corrected chi connectivity index (χ0v) is 11.7. The van der Waals surface area contributed by atoms with Crippen LogP contribution in [-0.4, -0.2) is 42.3 Å².